The second-order valence-corrected chi connectivity index (χ2v) is 5.51. The average molecular weight is 309 g/mol. The quantitative estimate of drug-likeness (QED) is 0.916. The number of hydrogen-bond donors (Lipinski definition) is 2. The van der Waals surface area contributed by atoms with Crippen molar-refractivity contribution in [1.82, 2.24) is 10.6 Å². The molecule has 1 aliphatic rings. The molecule has 1 aliphatic heterocycles. The molecule has 5 heteroatoms. The van der Waals surface area contributed by atoms with Crippen LogP contribution in [0, 0.1) is 13.8 Å². The number of nitrogens with one attached hydrogen (secondary N) is 2. The van der Waals surface area contributed by atoms with Gasteiger partial charge in [0, 0.05) is 23.5 Å². The summed E-state index contributed by atoms with van der Waals surface area (Å²) in [7, 11) is 0. The van der Waals surface area contributed by atoms with E-state index in [9.17, 15) is 4.79 Å². The van der Waals surface area contributed by atoms with E-state index in [0.29, 0.717) is 18.3 Å². The summed E-state index contributed by atoms with van der Waals surface area (Å²) in [4.78, 5) is 12.3. The number of fused-ring (bicyclic) bond motifs is 1. The second-order valence-electron chi connectivity index (χ2n) is 5.51. The van der Waals surface area contributed by atoms with Crippen molar-refractivity contribution in [3.63, 3.8) is 0 Å². The third kappa shape index (κ3) is 3.06. The van der Waals surface area contributed by atoms with Crippen LogP contribution in [-0.4, -0.2) is 25.0 Å². The molecule has 2 N–H and O–H groups in total. The van der Waals surface area contributed by atoms with Gasteiger partial charge in [0.05, 0.1) is 0 Å². The van der Waals surface area contributed by atoms with Gasteiger partial charge in [0.2, 0.25) is 0 Å². The zero-order chi connectivity index (χ0) is 14.1. The van der Waals surface area contributed by atoms with Gasteiger partial charge in [0.15, 0.2) is 5.76 Å². The summed E-state index contributed by atoms with van der Waals surface area (Å²) < 4.78 is 5.77. The molecule has 0 aliphatic carbocycles. The Morgan fingerprint density at radius 1 is 1.43 bits per heavy atom. The summed E-state index contributed by atoms with van der Waals surface area (Å²) in [6, 6.07) is 6.38. The van der Waals surface area contributed by atoms with E-state index in [1.165, 1.54) is 6.42 Å². The van der Waals surface area contributed by atoms with Crippen LogP contribution < -0.4 is 10.6 Å². The molecule has 1 aromatic carbocycles. The molecule has 1 aromatic heterocycles. The number of halogens is 1. The Bertz CT molecular complexity index is 645. The summed E-state index contributed by atoms with van der Waals surface area (Å²) in [5.41, 5.74) is 2.79. The van der Waals surface area contributed by atoms with E-state index >= 15 is 0 Å². The lowest BCUT2D eigenvalue weighted by atomic mass is 10.1. The van der Waals surface area contributed by atoms with Crippen LogP contribution in [-0.2, 0) is 0 Å². The highest BCUT2D eigenvalue weighted by atomic mass is 35.5. The van der Waals surface area contributed by atoms with Crippen LogP contribution in [0.1, 0.15) is 34.5 Å². The van der Waals surface area contributed by atoms with Gasteiger partial charge in [-0.05, 0) is 38.8 Å². The van der Waals surface area contributed by atoms with Gasteiger partial charge in [-0.1, -0.05) is 18.2 Å². The summed E-state index contributed by atoms with van der Waals surface area (Å²) in [5, 5.41) is 7.36. The number of carbonyl (C=O) groups excluding carboxylic acids is 1. The Morgan fingerprint density at radius 3 is 2.90 bits per heavy atom. The molecule has 21 heavy (non-hydrogen) atoms. The molecule has 3 rings (SSSR count). The van der Waals surface area contributed by atoms with Gasteiger partial charge in [0.1, 0.15) is 5.58 Å². The number of para-hydroxylation sites is 1. The largest absolute Gasteiger partial charge is 0.450 e. The Labute approximate surface area is 130 Å². The fourth-order valence-electron chi connectivity index (χ4n) is 2.83. The van der Waals surface area contributed by atoms with E-state index in [-0.39, 0.29) is 18.3 Å². The predicted molar refractivity (Wildman–Crippen MR) is 86.3 cm³/mol. The van der Waals surface area contributed by atoms with Gasteiger partial charge < -0.3 is 15.1 Å². The van der Waals surface area contributed by atoms with Gasteiger partial charge >= 0.3 is 0 Å². The van der Waals surface area contributed by atoms with Crippen molar-refractivity contribution in [2.24, 2.45) is 0 Å². The zero-order valence-electron chi connectivity index (χ0n) is 12.4. The summed E-state index contributed by atoms with van der Waals surface area (Å²) in [6.45, 7) is 5.64. The van der Waals surface area contributed by atoms with Crippen LogP contribution in [0.2, 0.25) is 0 Å². The fourth-order valence-corrected chi connectivity index (χ4v) is 2.83. The minimum Gasteiger partial charge on any atom is -0.450 e. The molecular weight excluding hydrogens is 288 g/mol. The number of rotatable bonds is 3. The summed E-state index contributed by atoms with van der Waals surface area (Å²) >= 11 is 0. The van der Waals surface area contributed by atoms with E-state index < -0.39 is 0 Å². The molecule has 0 radical (unpaired) electrons. The molecule has 1 unspecified atom stereocenters. The summed E-state index contributed by atoms with van der Waals surface area (Å²) in [6.07, 6.45) is 2.31. The van der Waals surface area contributed by atoms with Crippen molar-refractivity contribution in [1.29, 1.82) is 0 Å². The number of carbonyl (C=O) groups is 1. The van der Waals surface area contributed by atoms with Crippen LogP contribution in [0.4, 0.5) is 0 Å². The smallest absolute Gasteiger partial charge is 0.287 e. The van der Waals surface area contributed by atoms with Crippen molar-refractivity contribution < 1.29 is 9.21 Å². The zero-order valence-corrected chi connectivity index (χ0v) is 13.2. The average Bonchev–Trinajstić information content (AvgIpc) is 3.06. The standard InChI is InChI=1S/C16H20N2O2.ClH/c1-10-5-3-7-13-11(2)15(20-14(10)13)16(19)18-9-12-6-4-8-17-12;/h3,5,7,12,17H,4,6,8-9H2,1-2H3,(H,18,19);1H. The van der Waals surface area contributed by atoms with Crippen molar-refractivity contribution in [3.8, 4) is 0 Å². The molecule has 2 aromatic rings. The van der Waals surface area contributed by atoms with Crippen molar-refractivity contribution >= 4 is 29.3 Å². The number of hydrogen-bond acceptors (Lipinski definition) is 3. The molecule has 1 amide bonds. The Balaban J connectivity index is 0.00000161. The van der Waals surface area contributed by atoms with Gasteiger partial charge in [-0.15, -0.1) is 12.4 Å². The highest BCUT2D eigenvalue weighted by molar-refractivity contribution is 5.99. The van der Waals surface area contributed by atoms with Crippen LogP contribution in [0.5, 0.6) is 0 Å². The summed E-state index contributed by atoms with van der Waals surface area (Å²) in [5.74, 6) is 0.319. The van der Waals surface area contributed by atoms with Crippen molar-refractivity contribution in [2.45, 2.75) is 32.7 Å². The van der Waals surface area contributed by atoms with E-state index in [4.69, 9.17) is 4.42 Å². The first-order valence-electron chi connectivity index (χ1n) is 7.17. The van der Waals surface area contributed by atoms with Gasteiger partial charge in [-0.25, -0.2) is 0 Å². The van der Waals surface area contributed by atoms with Crippen LogP contribution in [0.25, 0.3) is 11.0 Å². The number of benzene rings is 1. The van der Waals surface area contributed by atoms with Gasteiger partial charge in [-0.2, -0.15) is 0 Å². The SMILES string of the molecule is Cc1c(C(=O)NCC2CCCN2)oc2c(C)cccc12.Cl. The predicted octanol–water partition coefficient (Wildman–Crippen LogP) is 2.95. The first-order chi connectivity index (χ1) is 9.66. The molecule has 0 saturated carbocycles. The van der Waals surface area contributed by atoms with Crippen LogP contribution >= 0.6 is 12.4 Å². The van der Waals surface area contributed by atoms with Gasteiger partial charge in [0.25, 0.3) is 5.91 Å². The molecule has 0 spiro atoms. The lowest BCUT2D eigenvalue weighted by molar-refractivity contribution is 0.0924. The molecule has 2 heterocycles. The molecule has 114 valence electrons. The van der Waals surface area contributed by atoms with Gasteiger partial charge in [-0.3, -0.25) is 4.79 Å². The third-order valence-electron chi connectivity index (χ3n) is 4.04. The van der Waals surface area contributed by atoms with Crippen LogP contribution in [0.15, 0.2) is 22.6 Å². The molecule has 4 nitrogen and oxygen atoms in total. The Kier molecular flexibility index (Phi) is 4.91. The van der Waals surface area contributed by atoms with E-state index in [0.717, 1.165) is 35.1 Å². The highest BCUT2D eigenvalue weighted by Gasteiger charge is 2.20. The maximum Gasteiger partial charge on any atom is 0.287 e. The highest BCUT2D eigenvalue weighted by Crippen LogP contribution is 2.27. The minimum absolute atomic E-state index is 0. The molecule has 1 atom stereocenters. The molecular formula is C16H21ClN2O2. The van der Waals surface area contributed by atoms with E-state index in [1.54, 1.807) is 0 Å². The second kappa shape index (κ2) is 6.50. The molecule has 1 saturated heterocycles. The fraction of sp³-hybridized carbons (Fsp3) is 0.438. The molecule has 1 fully saturated rings. The third-order valence-corrected chi connectivity index (χ3v) is 4.04. The van der Waals surface area contributed by atoms with E-state index in [2.05, 4.69) is 10.6 Å². The Hall–Kier alpha value is -1.52. The lowest BCUT2D eigenvalue weighted by Gasteiger charge is -2.10. The van der Waals surface area contributed by atoms with E-state index in [1.807, 2.05) is 32.0 Å². The number of aryl methyl sites for hydroxylation is 2. The Morgan fingerprint density at radius 2 is 2.24 bits per heavy atom. The normalized spacial score (nSPS) is 17.7. The number of furan rings is 1. The van der Waals surface area contributed by atoms with Crippen LogP contribution in [0.3, 0.4) is 0 Å². The first-order valence-corrected chi connectivity index (χ1v) is 7.17. The first kappa shape index (κ1) is 15.9. The monoisotopic (exact) mass is 308 g/mol. The number of amides is 1. The van der Waals surface area contributed by atoms with Crippen molar-refractivity contribution in [2.75, 3.05) is 13.1 Å². The lowest BCUT2D eigenvalue weighted by Crippen LogP contribution is -2.37. The topological polar surface area (TPSA) is 54.3 Å². The maximum atomic E-state index is 12.3. The minimum atomic E-state index is -0.119. The maximum absolute atomic E-state index is 12.3. The van der Waals surface area contributed by atoms with Crippen molar-refractivity contribution in [3.05, 3.63) is 35.1 Å². The molecule has 0 bridgehead atoms.